The van der Waals surface area contributed by atoms with Gasteiger partial charge in [-0.3, -0.25) is 9.59 Å². The molecule has 0 saturated heterocycles. The molecular weight excluding hydrogens is 336 g/mol. The summed E-state index contributed by atoms with van der Waals surface area (Å²) in [5.41, 5.74) is 1.44. The second kappa shape index (κ2) is 6.25. The molecule has 128 valence electrons. The van der Waals surface area contributed by atoms with Crippen LogP contribution in [0, 0.1) is 6.92 Å². The number of furan rings is 1. The van der Waals surface area contributed by atoms with Gasteiger partial charge in [0, 0.05) is 6.07 Å². The molecule has 8 nitrogen and oxygen atoms in total. The molecule has 0 aliphatic carbocycles. The van der Waals surface area contributed by atoms with Gasteiger partial charge in [-0.05, 0) is 31.2 Å². The normalized spacial score (nSPS) is 10.8. The van der Waals surface area contributed by atoms with E-state index < -0.39 is 11.6 Å². The highest BCUT2D eigenvalue weighted by Gasteiger charge is 2.25. The fourth-order valence-corrected chi connectivity index (χ4v) is 2.49. The monoisotopic (exact) mass is 348 g/mol. The zero-order valence-corrected chi connectivity index (χ0v) is 13.6. The van der Waals surface area contributed by atoms with Gasteiger partial charge in [0.15, 0.2) is 17.1 Å². The summed E-state index contributed by atoms with van der Waals surface area (Å²) in [7, 11) is 0. The van der Waals surface area contributed by atoms with Crippen molar-refractivity contribution in [1.82, 2.24) is 20.2 Å². The lowest BCUT2D eigenvalue weighted by Gasteiger charge is -2.02. The average Bonchev–Trinajstić information content (AvgIpc) is 3.42. The molecule has 4 rings (SSSR count). The molecule has 0 amide bonds. The van der Waals surface area contributed by atoms with E-state index in [4.69, 9.17) is 8.94 Å². The first-order valence-electron chi connectivity index (χ1n) is 7.72. The van der Waals surface area contributed by atoms with E-state index in [0.717, 1.165) is 5.69 Å². The zero-order chi connectivity index (χ0) is 18.1. The fraction of sp³-hybridized carbons (Fsp3) is 0.0556. The lowest BCUT2D eigenvalue weighted by Crippen LogP contribution is -2.05. The van der Waals surface area contributed by atoms with Crippen LogP contribution < -0.4 is 0 Å². The summed E-state index contributed by atoms with van der Waals surface area (Å²) in [4.78, 5) is 24.8. The third-order valence-electron chi connectivity index (χ3n) is 3.82. The molecule has 0 bridgehead atoms. The maximum Gasteiger partial charge on any atom is 0.253 e. The van der Waals surface area contributed by atoms with Crippen molar-refractivity contribution in [2.24, 2.45) is 0 Å². The molecule has 1 aromatic carbocycles. The van der Waals surface area contributed by atoms with Gasteiger partial charge in [-0.1, -0.05) is 28.6 Å². The molecule has 0 spiro atoms. The first kappa shape index (κ1) is 15.7. The van der Waals surface area contributed by atoms with E-state index in [1.54, 1.807) is 17.7 Å². The smallest absolute Gasteiger partial charge is 0.253 e. The van der Waals surface area contributed by atoms with Gasteiger partial charge < -0.3 is 8.94 Å². The number of hydrogen-bond donors (Lipinski definition) is 0. The van der Waals surface area contributed by atoms with Crippen LogP contribution in [0.25, 0.3) is 5.69 Å². The number of ketones is 2. The minimum atomic E-state index is -0.504. The Morgan fingerprint density at radius 3 is 2.54 bits per heavy atom. The first-order valence-corrected chi connectivity index (χ1v) is 7.72. The Bertz CT molecular complexity index is 1080. The number of carbonyl (C=O) groups is 2. The van der Waals surface area contributed by atoms with Gasteiger partial charge in [-0.25, -0.2) is 4.68 Å². The van der Waals surface area contributed by atoms with Gasteiger partial charge in [-0.2, -0.15) is 0 Å². The highest BCUT2D eigenvalue weighted by Crippen LogP contribution is 2.17. The van der Waals surface area contributed by atoms with Crippen LogP contribution in [0.4, 0.5) is 0 Å². The molecule has 3 aromatic heterocycles. The van der Waals surface area contributed by atoms with Crippen molar-refractivity contribution < 1.29 is 18.5 Å². The van der Waals surface area contributed by atoms with Gasteiger partial charge in [0.05, 0.1) is 17.6 Å². The molecule has 8 heteroatoms. The van der Waals surface area contributed by atoms with E-state index in [0.29, 0.717) is 5.69 Å². The zero-order valence-electron chi connectivity index (χ0n) is 13.6. The molecule has 0 radical (unpaired) electrons. The Morgan fingerprint density at radius 2 is 1.81 bits per heavy atom. The Balaban J connectivity index is 1.63. The summed E-state index contributed by atoms with van der Waals surface area (Å²) < 4.78 is 11.6. The number of nitrogens with zero attached hydrogens (tertiary/aromatic N) is 4. The topological polar surface area (TPSA) is 104 Å². The van der Waals surface area contributed by atoms with Crippen LogP contribution in [0.3, 0.4) is 0 Å². The molecular formula is C18H12N4O4. The maximum atomic E-state index is 12.6. The summed E-state index contributed by atoms with van der Waals surface area (Å²) in [6, 6.07) is 13.7. The molecule has 26 heavy (non-hydrogen) atoms. The van der Waals surface area contributed by atoms with Crippen LogP contribution in [-0.4, -0.2) is 31.7 Å². The van der Waals surface area contributed by atoms with Crippen molar-refractivity contribution in [3.8, 4) is 5.69 Å². The van der Waals surface area contributed by atoms with Gasteiger partial charge in [0.25, 0.3) is 5.78 Å². The summed E-state index contributed by atoms with van der Waals surface area (Å²) in [6.45, 7) is 1.73. The SMILES string of the molecule is Cc1c(C(=O)c2cc(C(=O)c3ccco3)no2)nnn1-c1ccccc1. The Morgan fingerprint density at radius 1 is 1.00 bits per heavy atom. The van der Waals surface area contributed by atoms with Crippen LogP contribution in [-0.2, 0) is 0 Å². The predicted molar refractivity (Wildman–Crippen MR) is 88.2 cm³/mol. The standard InChI is InChI=1S/C18H12N4O4/c1-11-16(19-21-22(11)12-6-3-2-4-7-12)18(24)15-10-13(20-26-15)17(23)14-8-5-9-25-14/h2-10H,1H3. The van der Waals surface area contributed by atoms with Crippen molar-refractivity contribution in [2.45, 2.75) is 6.92 Å². The van der Waals surface area contributed by atoms with E-state index >= 15 is 0 Å². The van der Waals surface area contributed by atoms with Crippen molar-refractivity contribution >= 4 is 11.6 Å². The number of rotatable bonds is 5. The average molecular weight is 348 g/mol. The number of hydrogen-bond acceptors (Lipinski definition) is 7. The predicted octanol–water partition coefficient (Wildman–Crippen LogP) is 2.62. The summed E-state index contributed by atoms with van der Waals surface area (Å²) in [5, 5.41) is 11.6. The van der Waals surface area contributed by atoms with Crippen LogP contribution in [0.2, 0.25) is 0 Å². The third kappa shape index (κ3) is 2.63. The Hall–Kier alpha value is -3.81. The quantitative estimate of drug-likeness (QED) is 0.511. The van der Waals surface area contributed by atoms with Gasteiger partial charge in [0.1, 0.15) is 0 Å². The number of para-hydroxylation sites is 1. The lowest BCUT2D eigenvalue weighted by atomic mass is 10.1. The van der Waals surface area contributed by atoms with Crippen LogP contribution in [0.15, 0.2) is 63.7 Å². The largest absolute Gasteiger partial charge is 0.461 e. The molecule has 3 heterocycles. The number of aromatic nitrogens is 4. The minimum Gasteiger partial charge on any atom is -0.461 e. The lowest BCUT2D eigenvalue weighted by molar-refractivity contribution is 0.0982. The molecule has 0 aliphatic heterocycles. The summed E-state index contributed by atoms with van der Waals surface area (Å²) in [5.74, 6) is -0.954. The van der Waals surface area contributed by atoms with Crippen molar-refractivity contribution in [3.63, 3.8) is 0 Å². The van der Waals surface area contributed by atoms with Gasteiger partial charge >= 0.3 is 0 Å². The van der Waals surface area contributed by atoms with Crippen LogP contribution in [0.1, 0.15) is 38.2 Å². The van der Waals surface area contributed by atoms with Crippen LogP contribution >= 0.6 is 0 Å². The second-order valence-electron chi connectivity index (χ2n) is 5.48. The number of carbonyl (C=O) groups excluding carboxylic acids is 2. The fourth-order valence-electron chi connectivity index (χ4n) is 2.49. The van der Waals surface area contributed by atoms with E-state index in [9.17, 15) is 9.59 Å². The van der Waals surface area contributed by atoms with E-state index in [1.807, 2.05) is 30.3 Å². The molecule has 4 aromatic rings. The maximum absolute atomic E-state index is 12.6. The molecule has 0 saturated carbocycles. The molecule has 0 atom stereocenters. The first-order chi connectivity index (χ1) is 12.6. The Kier molecular flexibility index (Phi) is 3.77. The summed E-state index contributed by atoms with van der Waals surface area (Å²) >= 11 is 0. The second-order valence-corrected chi connectivity index (χ2v) is 5.48. The van der Waals surface area contributed by atoms with E-state index in [1.165, 1.54) is 18.4 Å². The molecule has 0 unspecified atom stereocenters. The third-order valence-corrected chi connectivity index (χ3v) is 3.82. The van der Waals surface area contributed by atoms with Crippen molar-refractivity contribution in [3.05, 3.63) is 83.4 Å². The van der Waals surface area contributed by atoms with E-state index in [2.05, 4.69) is 15.5 Å². The van der Waals surface area contributed by atoms with Gasteiger partial charge in [0.2, 0.25) is 11.5 Å². The van der Waals surface area contributed by atoms with Crippen LogP contribution in [0.5, 0.6) is 0 Å². The highest BCUT2D eigenvalue weighted by molar-refractivity contribution is 6.10. The minimum absolute atomic E-state index is 0.0172. The molecule has 0 N–H and O–H groups in total. The molecule has 0 fully saturated rings. The molecule has 0 aliphatic rings. The van der Waals surface area contributed by atoms with Crippen molar-refractivity contribution in [2.75, 3.05) is 0 Å². The van der Waals surface area contributed by atoms with E-state index in [-0.39, 0.29) is 22.9 Å². The number of benzene rings is 1. The highest BCUT2D eigenvalue weighted by atomic mass is 16.5. The van der Waals surface area contributed by atoms with Crippen molar-refractivity contribution in [1.29, 1.82) is 0 Å². The van der Waals surface area contributed by atoms with Gasteiger partial charge in [-0.15, -0.1) is 5.10 Å². The summed E-state index contributed by atoms with van der Waals surface area (Å²) in [6.07, 6.45) is 1.38. The Labute approximate surface area is 147 Å².